The highest BCUT2D eigenvalue weighted by Crippen LogP contribution is 2.15. The van der Waals surface area contributed by atoms with Gasteiger partial charge < -0.3 is 10.8 Å². The van der Waals surface area contributed by atoms with Crippen molar-refractivity contribution < 1.29 is 5.11 Å². The van der Waals surface area contributed by atoms with Gasteiger partial charge in [-0.15, -0.1) is 0 Å². The maximum atomic E-state index is 8.65. The lowest BCUT2D eigenvalue weighted by atomic mass is 10.1. The van der Waals surface area contributed by atoms with Gasteiger partial charge >= 0.3 is 0 Å². The lowest BCUT2D eigenvalue weighted by molar-refractivity contribution is 0.275. The highest BCUT2D eigenvalue weighted by molar-refractivity contribution is 9.10. The number of nitrogens with two attached hydrogens (primary N) is 1. The van der Waals surface area contributed by atoms with Gasteiger partial charge in [-0.05, 0) is 18.6 Å². The van der Waals surface area contributed by atoms with E-state index in [-0.39, 0.29) is 12.6 Å². The predicted octanol–water partition coefficient (Wildman–Crippen LogP) is 1.23. The van der Waals surface area contributed by atoms with Crippen LogP contribution in [0.2, 0.25) is 0 Å². The third kappa shape index (κ3) is 2.55. The molecule has 0 bridgehead atoms. The second-order valence-corrected chi connectivity index (χ2v) is 3.43. The van der Waals surface area contributed by atoms with Crippen molar-refractivity contribution in [3.63, 3.8) is 0 Å². The molecule has 4 heteroatoms. The van der Waals surface area contributed by atoms with Crippen LogP contribution in [0.4, 0.5) is 0 Å². The Balaban J connectivity index is 2.73. The molecule has 0 saturated heterocycles. The van der Waals surface area contributed by atoms with E-state index in [1.807, 2.05) is 12.1 Å². The topological polar surface area (TPSA) is 59.1 Å². The van der Waals surface area contributed by atoms with Crippen LogP contribution in [0, 0.1) is 0 Å². The van der Waals surface area contributed by atoms with E-state index in [2.05, 4.69) is 20.9 Å². The van der Waals surface area contributed by atoms with E-state index in [1.165, 1.54) is 0 Å². The summed E-state index contributed by atoms with van der Waals surface area (Å²) in [5, 5.41) is 8.65. The molecule has 0 fully saturated rings. The maximum Gasteiger partial charge on any atom is 0.0583 e. The first-order chi connectivity index (χ1) is 5.74. The molecule has 0 saturated carbocycles. The molecular weight excluding hydrogens is 220 g/mol. The standard InChI is InChI=1S/C8H11BrN2O/c9-6-1-3-11-8(5-6)7(10)2-4-12/h1,3,5,7,12H,2,4,10H2. The third-order valence-corrected chi connectivity index (χ3v) is 2.06. The minimum absolute atomic E-state index is 0.0926. The molecule has 3 N–H and O–H groups in total. The molecule has 0 aliphatic carbocycles. The van der Waals surface area contributed by atoms with E-state index in [4.69, 9.17) is 10.8 Å². The van der Waals surface area contributed by atoms with E-state index >= 15 is 0 Å². The van der Waals surface area contributed by atoms with Crippen LogP contribution in [-0.2, 0) is 0 Å². The number of nitrogens with zero attached hydrogens (tertiary/aromatic N) is 1. The van der Waals surface area contributed by atoms with Crippen molar-refractivity contribution in [2.24, 2.45) is 5.73 Å². The summed E-state index contributed by atoms with van der Waals surface area (Å²) < 4.78 is 0.959. The molecule has 0 aliphatic rings. The van der Waals surface area contributed by atoms with Crippen LogP contribution >= 0.6 is 15.9 Å². The van der Waals surface area contributed by atoms with Crippen LogP contribution in [-0.4, -0.2) is 16.7 Å². The SMILES string of the molecule is NC(CCO)c1cc(Br)ccn1. The molecule has 1 atom stereocenters. The summed E-state index contributed by atoms with van der Waals surface area (Å²) in [6.07, 6.45) is 2.24. The summed E-state index contributed by atoms with van der Waals surface area (Å²) in [6.45, 7) is 0.0926. The molecule has 0 spiro atoms. The first-order valence-corrected chi connectivity index (χ1v) is 4.51. The average Bonchev–Trinajstić information content (AvgIpc) is 2.05. The van der Waals surface area contributed by atoms with Crippen molar-refractivity contribution in [3.05, 3.63) is 28.5 Å². The first-order valence-electron chi connectivity index (χ1n) is 3.72. The van der Waals surface area contributed by atoms with Gasteiger partial charge in [0.2, 0.25) is 0 Å². The summed E-state index contributed by atoms with van der Waals surface area (Å²) in [5.74, 6) is 0. The second-order valence-electron chi connectivity index (χ2n) is 2.52. The smallest absolute Gasteiger partial charge is 0.0583 e. The molecule has 0 amide bonds. The van der Waals surface area contributed by atoms with E-state index in [0.29, 0.717) is 6.42 Å². The molecule has 3 nitrogen and oxygen atoms in total. The zero-order valence-corrected chi connectivity index (χ0v) is 8.16. The Labute approximate surface area is 79.7 Å². The van der Waals surface area contributed by atoms with Crippen molar-refractivity contribution >= 4 is 15.9 Å². The molecule has 0 radical (unpaired) electrons. The zero-order chi connectivity index (χ0) is 8.97. The Morgan fingerprint density at radius 3 is 3.00 bits per heavy atom. The first kappa shape index (κ1) is 9.64. The van der Waals surface area contributed by atoms with Crippen molar-refractivity contribution in [3.8, 4) is 0 Å². The molecule has 1 aromatic rings. The summed E-state index contributed by atoms with van der Waals surface area (Å²) >= 11 is 3.32. The molecule has 1 rings (SSSR count). The minimum Gasteiger partial charge on any atom is -0.396 e. The molecular formula is C8H11BrN2O. The quantitative estimate of drug-likeness (QED) is 0.822. The van der Waals surface area contributed by atoms with Crippen LogP contribution in [0.1, 0.15) is 18.2 Å². The predicted molar refractivity (Wildman–Crippen MR) is 50.6 cm³/mol. The number of aliphatic hydroxyl groups is 1. The Morgan fingerprint density at radius 1 is 1.67 bits per heavy atom. The van der Waals surface area contributed by atoms with Crippen LogP contribution in [0.5, 0.6) is 0 Å². The Morgan fingerprint density at radius 2 is 2.42 bits per heavy atom. The molecule has 1 heterocycles. The fourth-order valence-corrected chi connectivity index (χ4v) is 1.26. The number of aliphatic hydroxyl groups excluding tert-OH is 1. The van der Waals surface area contributed by atoms with E-state index in [1.54, 1.807) is 6.20 Å². The van der Waals surface area contributed by atoms with Gasteiger partial charge in [-0.1, -0.05) is 15.9 Å². The number of aromatic nitrogens is 1. The average molecular weight is 231 g/mol. The monoisotopic (exact) mass is 230 g/mol. The molecule has 1 aromatic heterocycles. The largest absolute Gasteiger partial charge is 0.396 e. The number of hydrogen-bond acceptors (Lipinski definition) is 3. The van der Waals surface area contributed by atoms with Crippen LogP contribution in [0.15, 0.2) is 22.8 Å². The number of rotatable bonds is 3. The van der Waals surface area contributed by atoms with Crippen molar-refractivity contribution in [1.29, 1.82) is 0 Å². The number of halogens is 1. The summed E-state index contributed by atoms with van der Waals surface area (Å²) in [6, 6.07) is 3.53. The van der Waals surface area contributed by atoms with Crippen molar-refractivity contribution in [1.82, 2.24) is 4.98 Å². The fraction of sp³-hybridized carbons (Fsp3) is 0.375. The summed E-state index contributed by atoms with van der Waals surface area (Å²) in [4.78, 5) is 4.09. The van der Waals surface area contributed by atoms with Gasteiger partial charge in [0.15, 0.2) is 0 Å². The Bertz CT molecular complexity index is 255. The molecule has 1 unspecified atom stereocenters. The highest BCUT2D eigenvalue weighted by atomic mass is 79.9. The summed E-state index contributed by atoms with van der Waals surface area (Å²) in [7, 11) is 0. The van der Waals surface area contributed by atoms with Gasteiger partial charge in [-0.2, -0.15) is 0 Å². The number of pyridine rings is 1. The van der Waals surface area contributed by atoms with Crippen LogP contribution < -0.4 is 5.73 Å². The van der Waals surface area contributed by atoms with Gasteiger partial charge in [0.05, 0.1) is 5.69 Å². The van der Waals surface area contributed by atoms with Crippen LogP contribution in [0.25, 0.3) is 0 Å². The second kappa shape index (κ2) is 4.54. The third-order valence-electron chi connectivity index (χ3n) is 1.56. The van der Waals surface area contributed by atoms with Crippen molar-refractivity contribution in [2.45, 2.75) is 12.5 Å². The zero-order valence-electron chi connectivity index (χ0n) is 6.57. The van der Waals surface area contributed by atoms with E-state index in [0.717, 1.165) is 10.2 Å². The Hall–Kier alpha value is -0.450. The van der Waals surface area contributed by atoms with Gasteiger partial charge in [-0.3, -0.25) is 4.98 Å². The van der Waals surface area contributed by atoms with Gasteiger partial charge in [0.1, 0.15) is 0 Å². The lowest BCUT2D eigenvalue weighted by Crippen LogP contribution is -2.13. The minimum atomic E-state index is -0.174. The fourth-order valence-electron chi connectivity index (χ4n) is 0.911. The highest BCUT2D eigenvalue weighted by Gasteiger charge is 2.05. The summed E-state index contributed by atoms with van der Waals surface area (Å²) in [5.41, 5.74) is 6.54. The van der Waals surface area contributed by atoms with Crippen LogP contribution in [0.3, 0.4) is 0 Å². The maximum absolute atomic E-state index is 8.65. The van der Waals surface area contributed by atoms with E-state index < -0.39 is 0 Å². The molecule has 12 heavy (non-hydrogen) atoms. The lowest BCUT2D eigenvalue weighted by Gasteiger charge is -2.08. The van der Waals surface area contributed by atoms with Gasteiger partial charge in [0.25, 0.3) is 0 Å². The van der Waals surface area contributed by atoms with E-state index in [9.17, 15) is 0 Å². The van der Waals surface area contributed by atoms with Gasteiger partial charge in [0, 0.05) is 23.3 Å². The molecule has 0 aromatic carbocycles. The Kier molecular flexibility index (Phi) is 3.65. The van der Waals surface area contributed by atoms with Crippen molar-refractivity contribution in [2.75, 3.05) is 6.61 Å². The van der Waals surface area contributed by atoms with Gasteiger partial charge in [-0.25, -0.2) is 0 Å². The number of hydrogen-bond donors (Lipinski definition) is 2. The molecule has 66 valence electrons. The molecule has 0 aliphatic heterocycles. The normalized spacial score (nSPS) is 12.9.